The second-order valence-corrected chi connectivity index (χ2v) is 6.94. The van der Waals surface area contributed by atoms with E-state index in [1.165, 1.54) is 0 Å². The molecule has 1 saturated heterocycles. The van der Waals surface area contributed by atoms with Crippen molar-refractivity contribution in [3.8, 4) is 5.75 Å². The number of hydrogen-bond donors (Lipinski definition) is 2. The van der Waals surface area contributed by atoms with E-state index >= 15 is 0 Å². The van der Waals surface area contributed by atoms with Gasteiger partial charge in [0.1, 0.15) is 18.2 Å². The van der Waals surface area contributed by atoms with Crippen LogP contribution in [0.5, 0.6) is 5.75 Å². The molecule has 29 heavy (non-hydrogen) atoms. The van der Waals surface area contributed by atoms with Gasteiger partial charge in [-0.05, 0) is 30.3 Å². The quantitative estimate of drug-likeness (QED) is 0.670. The Balaban J connectivity index is 1.46. The average Bonchev–Trinajstić information content (AvgIpc) is 3.31. The first-order valence-electron chi connectivity index (χ1n) is 9.30. The van der Waals surface area contributed by atoms with Crippen LogP contribution in [0.3, 0.4) is 0 Å². The molecule has 3 aromatic rings. The number of benzene rings is 2. The molecule has 1 fully saturated rings. The van der Waals surface area contributed by atoms with E-state index < -0.39 is 5.92 Å². The molecule has 8 nitrogen and oxygen atoms in total. The summed E-state index contributed by atoms with van der Waals surface area (Å²) in [6, 6.07) is 12.7. The summed E-state index contributed by atoms with van der Waals surface area (Å²) in [6.07, 6.45) is 0.174. The Morgan fingerprint density at radius 2 is 2.14 bits per heavy atom. The van der Waals surface area contributed by atoms with Crippen LogP contribution in [0.15, 0.2) is 42.5 Å². The first-order valence-corrected chi connectivity index (χ1v) is 9.30. The van der Waals surface area contributed by atoms with Gasteiger partial charge >= 0.3 is 0 Å². The van der Waals surface area contributed by atoms with Crippen LogP contribution in [0.2, 0.25) is 0 Å². The average molecular weight is 394 g/mol. The molecule has 0 bridgehead atoms. The molecule has 150 valence electrons. The number of nitrogens with one attached hydrogen (secondary N) is 2. The molecule has 0 radical (unpaired) electrons. The van der Waals surface area contributed by atoms with Gasteiger partial charge in [-0.2, -0.15) is 0 Å². The van der Waals surface area contributed by atoms with E-state index in [0.717, 1.165) is 22.5 Å². The van der Waals surface area contributed by atoms with Gasteiger partial charge in [-0.25, -0.2) is 4.98 Å². The van der Waals surface area contributed by atoms with Crippen molar-refractivity contribution < 1.29 is 19.1 Å². The van der Waals surface area contributed by atoms with Crippen molar-refractivity contribution in [2.45, 2.75) is 13.0 Å². The molecule has 1 aliphatic heterocycles. The number of carbonyl (C=O) groups is 2. The molecule has 0 saturated carbocycles. The number of anilines is 2. The van der Waals surface area contributed by atoms with E-state index in [1.54, 1.807) is 31.3 Å². The first-order chi connectivity index (χ1) is 14.1. The van der Waals surface area contributed by atoms with Gasteiger partial charge in [0.15, 0.2) is 0 Å². The summed E-state index contributed by atoms with van der Waals surface area (Å²) in [5.74, 6) is 0.715. The number of hydrogen-bond acceptors (Lipinski definition) is 5. The number of ether oxygens (including phenoxy) is 2. The van der Waals surface area contributed by atoms with Gasteiger partial charge in [-0.15, -0.1) is 0 Å². The second kappa shape index (κ2) is 7.92. The van der Waals surface area contributed by atoms with Gasteiger partial charge < -0.3 is 24.7 Å². The number of rotatable bonds is 6. The Morgan fingerprint density at radius 3 is 2.93 bits per heavy atom. The van der Waals surface area contributed by atoms with Crippen LogP contribution >= 0.6 is 0 Å². The molecule has 2 amide bonds. The normalized spacial score (nSPS) is 16.4. The van der Waals surface area contributed by atoms with Crippen molar-refractivity contribution in [2.75, 3.05) is 31.0 Å². The highest BCUT2D eigenvalue weighted by Crippen LogP contribution is 2.29. The van der Waals surface area contributed by atoms with Crippen molar-refractivity contribution in [3.05, 3.63) is 48.3 Å². The fraction of sp³-hybridized carbons (Fsp3) is 0.286. The van der Waals surface area contributed by atoms with Gasteiger partial charge in [0.25, 0.3) is 0 Å². The molecule has 1 aliphatic rings. The maximum Gasteiger partial charge on any atom is 0.229 e. The molecular formula is C21H22N4O4. The summed E-state index contributed by atoms with van der Waals surface area (Å²) < 4.78 is 10.3. The maximum absolute atomic E-state index is 12.7. The van der Waals surface area contributed by atoms with Gasteiger partial charge in [-0.1, -0.05) is 6.07 Å². The van der Waals surface area contributed by atoms with Gasteiger partial charge in [0, 0.05) is 37.5 Å². The molecule has 8 heteroatoms. The number of nitrogens with zero attached hydrogens (tertiary/aromatic N) is 2. The van der Waals surface area contributed by atoms with Gasteiger partial charge in [0.05, 0.1) is 24.1 Å². The highest BCUT2D eigenvalue weighted by Gasteiger charge is 2.35. The molecule has 1 atom stereocenters. The van der Waals surface area contributed by atoms with E-state index in [2.05, 4.69) is 15.3 Å². The van der Waals surface area contributed by atoms with Crippen LogP contribution in [-0.4, -0.2) is 42.5 Å². The number of imidazole rings is 1. The fourth-order valence-electron chi connectivity index (χ4n) is 3.50. The number of carbonyl (C=O) groups excluding carboxylic acids is 2. The van der Waals surface area contributed by atoms with Crippen LogP contribution in [0.4, 0.5) is 11.4 Å². The summed E-state index contributed by atoms with van der Waals surface area (Å²) in [5.41, 5.74) is 3.00. The lowest BCUT2D eigenvalue weighted by molar-refractivity contribution is -0.122. The number of fused-ring (bicyclic) bond motifs is 1. The Hall–Kier alpha value is -3.39. The van der Waals surface area contributed by atoms with Crippen LogP contribution in [0, 0.1) is 5.92 Å². The van der Waals surface area contributed by atoms with Gasteiger partial charge in [0.2, 0.25) is 11.8 Å². The zero-order valence-electron chi connectivity index (χ0n) is 16.3. The Bertz CT molecular complexity index is 1060. The lowest BCUT2D eigenvalue weighted by Gasteiger charge is -2.17. The topological polar surface area (TPSA) is 96.5 Å². The number of methoxy groups -OCH3 is 2. The number of aromatic amines is 1. The zero-order valence-corrected chi connectivity index (χ0v) is 16.3. The molecule has 2 N–H and O–H groups in total. The third-order valence-corrected chi connectivity index (χ3v) is 4.94. The summed E-state index contributed by atoms with van der Waals surface area (Å²) >= 11 is 0. The minimum atomic E-state index is -0.421. The lowest BCUT2D eigenvalue weighted by atomic mass is 10.1. The number of amides is 2. The first kappa shape index (κ1) is 18.9. The van der Waals surface area contributed by atoms with Crippen molar-refractivity contribution in [3.63, 3.8) is 0 Å². The highest BCUT2D eigenvalue weighted by molar-refractivity contribution is 6.04. The predicted molar refractivity (Wildman–Crippen MR) is 109 cm³/mol. The second-order valence-electron chi connectivity index (χ2n) is 6.94. The predicted octanol–water partition coefficient (Wildman–Crippen LogP) is 2.71. The van der Waals surface area contributed by atoms with Crippen molar-refractivity contribution in [1.29, 1.82) is 0 Å². The Morgan fingerprint density at radius 1 is 1.28 bits per heavy atom. The summed E-state index contributed by atoms with van der Waals surface area (Å²) in [7, 11) is 3.19. The molecule has 4 rings (SSSR count). The van der Waals surface area contributed by atoms with Crippen LogP contribution in [-0.2, 0) is 20.9 Å². The van der Waals surface area contributed by atoms with E-state index in [0.29, 0.717) is 24.6 Å². The van der Waals surface area contributed by atoms with Crippen molar-refractivity contribution in [1.82, 2.24) is 9.97 Å². The number of H-pyrrole nitrogens is 1. The molecule has 2 heterocycles. The standard InChI is InChI=1S/C21H22N4O4/c1-28-12-19-23-17-7-6-14(9-18(17)24-19)22-21(27)13-8-20(26)25(11-13)15-4-3-5-16(10-15)29-2/h3-7,9-10,13H,8,11-12H2,1-2H3,(H,22,27)(H,23,24)/t13-/m0/s1. The molecule has 0 spiro atoms. The Kier molecular flexibility index (Phi) is 5.18. The smallest absolute Gasteiger partial charge is 0.229 e. The van der Waals surface area contributed by atoms with Crippen LogP contribution < -0.4 is 15.0 Å². The largest absolute Gasteiger partial charge is 0.497 e. The molecule has 0 aliphatic carbocycles. The lowest BCUT2D eigenvalue weighted by Crippen LogP contribution is -2.28. The van der Waals surface area contributed by atoms with E-state index in [-0.39, 0.29) is 18.2 Å². The summed E-state index contributed by atoms with van der Waals surface area (Å²) in [5, 5.41) is 2.91. The minimum absolute atomic E-state index is 0.0772. The van der Waals surface area contributed by atoms with E-state index in [4.69, 9.17) is 9.47 Å². The summed E-state index contributed by atoms with van der Waals surface area (Å²) in [6.45, 7) is 0.725. The van der Waals surface area contributed by atoms with Crippen LogP contribution in [0.1, 0.15) is 12.2 Å². The molecule has 2 aromatic carbocycles. The van der Waals surface area contributed by atoms with Crippen molar-refractivity contribution in [2.24, 2.45) is 5.92 Å². The third-order valence-electron chi connectivity index (χ3n) is 4.94. The minimum Gasteiger partial charge on any atom is -0.497 e. The van der Waals surface area contributed by atoms with Gasteiger partial charge in [-0.3, -0.25) is 9.59 Å². The zero-order chi connectivity index (χ0) is 20.4. The molecule has 1 aromatic heterocycles. The molecule has 0 unspecified atom stereocenters. The SMILES string of the molecule is COCc1nc2ccc(NC(=O)[C@H]3CC(=O)N(c4cccc(OC)c4)C3)cc2[nH]1. The van der Waals surface area contributed by atoms with Crippen LogP contribution in [0.25, 0.3) is 11.0 Å². The molecular weight excluding hydrogens is 372 g/mol. The Labute approximate surface area is 167 Å². The van der Waals surface area contributed by atoms with E-state index in [9.17, 15) is 9.59 Å². The van der Waals surface area contributed by atoms with E-state index in [1.807, 2.05) is 30.3 Å². The third kappa shape index (κ3) is 3.93. The van der Waals surface area contributed by atoms with Crippen molar-refractivity contribution >= 4 is 34.2 Å². The summed E-state index contributed by atoms with van der Waals surface area (Å²) in [4.78, 5) is 34.4. The highest BCUT2D eigenvalue weighted by atomic mass is 16.5. The maximum atomic E-state index is 12.7. The fourth-order valence-corrected chi connectivity index (χ4v) is 3.50. The monoisotopic (exact) mass is 394 g/mol. The number of aromatic nitrogens is 2.